The fraction of sp³-hybridized carbons (Fsp3) is 0.250. The number of hydrogen-bond acceptors (Lipinski definition) is 3. The Balaban J connectivity index is 1.82. The zero-order chi connectivity index (χ0) is 14.8. The van der Waals surface area contributed by atoms with Crippen molar-refractivity contribution in [2.75, 3.05) is 0 Å². The first-order valence-corrected chi connectivity index (χ1v) is 6.99. The molecule has 3 aromatic rings. The standard InChI is InChI=1S/C16H17N3O2/c1-11-5-6-15-18-13(8-16(20)19(15)10-11)9-17-12(2)14-4-3-7-21-14/h3-8,10,12,17H,9H2,1-2H3/p+1/t12-/m0/s1. The van der Waals surface area contributed by atoms with Gasteiger partial charge < -0.3 is 9.73 Å². The Morgan fingerprint density at radius 1 is 1.38 bits per heavy atom. The Morgan fingerprint density at radius 2 is 2.24 bits per heavy atom. The lowest BCUT2D eigenvalue weighted by molar-refractivity contribution is -0.710. The van der Waals surface area contributed by atoms with Crippen LogP contribution in [-0.4, -0.2) is 9.38 Å². The summed E-state index contributed by atoms with van der Waals surface area (Å²) in [6.45, 7) is 4.66. The van der Waals surface area contributed by atoms with E-state index in [9.17, 15) is 4.79 Å². The maximum Gasteiger partial charge on any atom is 0.258 e. The summed E-state index contributed by atoms with van der Waals surface area (Å²) in [6.07, 6.45) is 3.48. The third-order valence-electron chi connectivity index (χ3n) is 3.53. The molecule has 0 aliphatic carbocycles. The van der Waals surface area contributed by atoms with Crippen molar-refractivity contribution in [1.82, 2.24) is 9.38 Å². The highest BCUT2D eigenvalue weighted by Crippen LogP contribution is 2.08. The van der Waals surface area contributed by atoms with Gasteiger partial charge in [0.1, 0.15) is 23.9 Å². The highest BCUT2D eigenvalue weighted by molar-refractivity contribution is 5.39. The SMILES string of the molecule is Cc1ccc2nc(C[NH2+][C@@H](C)c3ccco3)cc(=O)n2c1. The molecule has 0 fully saturated rings. The molecule has 5 nitrogen and oxygen atoms in total. The first kappa shape index (κ1) is 13.6. The predicted molar refractivity (Wildman–Crippen MR) is 79.0 cm³/mol. The van der Waals surface area contributed by atoms with Gasteiger partial charge in [0, 0.05) is 12.3 Å². The second-order valence-corrected chi connectivity index (χ2v) is 5.26. The minimum Gasteiger partial charge on any atom is -0.463 e. The first-order chi connectivity index (χ1) is 10.1. The van der Waals surface area contributed by atoms with E-state index in [1.807, 2.05) is 37.4 Å². The smallest absolute Gasteiger partial charge is 0.258 e. The fourth-order valence-electron chi connectivity index (χ4n) is 2.33. The lowest BCUT2D eigenvalue weighted by Crippen LogP contribution is -2.83. The maximum atomic E-state index is 12.1. The third kappa shape index (κ3) is 2.87. The van der Waals surface area contributed by atoms with Crippen molar-refractivity contribution in [2.45, 2.75) is 26.4 Å². The van der Waals surface area contributed by atoms with Crippen molar-refractivity contribution in [1.29, 1.82) is 0 Å². The number of furan rings is 1. The van der Waals surface area contributed by atoms with Gasteiger partial charge in [0.2, 0.25) is 0 Å². The van der Waals surface area contributed by atoms with Crippen molar-refractivity contribution in [3.05, 3.63) is 70.2 Å². The van der Waals surface area contributed by atoms with Gasteiger partial charge in [0.15, 0.2) is 5.76 Å². The van der Waals surface area contributed by atoms with Crippen LogP contribution in [0.2, 0.25) is 0 Å². The molecule has 1 atom stereocenters. The zero-order valence-corrected chi connectivity index (χ0v) is 12.1. The van der Waals surface area contributed by atoms with Gasteiger partial charge in [-0.2, -0.15) is 0 Å². The summed E-state index contributed by atoms with van der Waals surface area (Å²) >= 11 is 0. The number of nitrogens with zero attached hydrogens (tertiary/aromatic N) is 2. The first-order valence-electron chi connectivity index (χ1n) is 6.99. The van der Waals surface area contributed by atoms with Crippen LogP contribution in [0.3, 0.4) is 0 Å². The number of hydrogen-bond donors (Lipinski definition) is 1. The van der Waals surface area contributed by atoms with Crippen LogP contribution in [0, 0.1) is 6.92 Å². The molecule has 21 heavy (non-hydrogen) atoms. The van der Waals surface area contributed by atoms with Crippen LogP contribution in [0.25, 0.3) is 5.65 Å². The largest absolute Gasteiger partial charge is 0.463 e. The van der Waals surface area contributed by atoms with Crippen molar-refractivity contribution >= 4 is 5.65 Å². The molecule has 3 heterocycles. The van der Waals surface area contributed by atoms with Gasteiger partial charge in [-0.1, -0.05) is 6.07 Å². The normalized spacial score (nSPS) is 12.7. The van der Waals surface area contributed by atoms with Crippen LogP contribution in [0.4, 0.5) is 0 Å². The van der Waals surface area contributed by atoms with Crippen LogP contribution in [0.1, 0.15) is 30.0 Å². The van der Waals surface area contributed by atoms with Crippen LogP contribution in [-0.2, 0) is 6.54 Å². The second kappa shape index (κ2) is 5.54. The monoisotopic (exact) mass is 284 g/mol. The Kier molecular flexibility index (Phi) is 3.58. The molecule has 0 unspecified atom stereocenters. The van der Waals surface area contributed by atoms with E-state index in [-0.39, 0.29) is 11.6 Å². The second-order valence-electron chi connectivity index (χ2n) is 5.26. The molecule has 5 heteroatoms. The Bertz CT molecular complexity index is 806. The van der Waals surface area contributed by atoms with E-state index in [0.29, 0.717) is 12.2 Å². The van der Waals surface area contributed by atoms with Crippen molar-refractivity contribution in [2.24, 2.45) is 0 Å². The Hall–Kier alpha value is -2.40. The number of pyridine rings is 1. The quantitative estimate of drug-likeness (QED) is 0.788. The van der Waals surface area contributed by atoms with E-state index < -0.39 is 0 Å². The van der Waals surface area contributed by atoms with E-state index in [1.54, 1.807) is 16.7 Å². The summed E-state index contributed by atoms with van der Waals surface area (Å²) in [5.41, 5.74) is 2.46. The van der Waals surface area contributed by atoms with Gasteiger partial charge in [-0.15, -0.1) is 0 Å². The van der Waals surface area contributed by atoms with Crippen LogP contribution < -0.4 is 10.9 Å². The molecule has 0 saturated heterocycles. The van der Waals surface area contributed by atoms with Crippen LogP contribution >= 0.6 is 0 Å². The lowest BCUT2D eigenvalue weighted by Gasteiger charge is -2.08. The number of quaternary nitrogens is 1. The molecule has 0 saturated carbocycles. The molecule has 0 radical (unpaired) electrons. The van der Waals surface area contributed by atoms with Gasteiger partial charge in [0.05, 0.1) is 6.26 Å². The zero-order valence-electron chi connectivity index (χ0n) is 12.1. The van der Waals surface area contributed by atoms with E-state index in [0.717, 1.165) is 17.0 Å². The van der Waals surface area contributed by atoms with Crippen molar-refractivity contribution < 1.29 is 9.73 Å². The van der Waals surface area contributed by atoms with E-state index in [4.69, 9.17) is 4.42 Å². The van der Waals surface area contributed by atoms with Crippen molar-refractivity contribution in [3.8, 4) is 0 Å². The third-order valence-corrected chi connectivity index (χ3v) is 3.53. The van der Waals surface area contributed by atoms with Gasteiger partial charge in [-0.25, -0.2) is 4.98 Å². The molecule has 0 aliphatic heterocycles. The predicted octanol–water partition coefficient (Wildman–Crippen LogP) is 1.42. The topological polar surface area (TPSA) is 64.1 Å². The summed E-state index contributed by atoms with van der Waals surface area (Å²) in [7, 11) is 0. The van der Waals surface area contributed by atoms with E-state index >= 15 is 0 Å². The minimum atomic E-state index is -0.0437. The average molecular weight is 284 g/mol. The minimum absolute atomic E-state index is 0.0437. The molecular weight excluding hydrogens is 266 g/mol. The Labute approximate surface area is 122 Å². The molecular formula is C16H18N3O2+. The molecule has 2 N–H and O–H groups in total. The molecule has 108 valence electrons. The molecule has 0 spiro atoms. The van der Waals surface area contributed by atoms with Gasteiger partial charge >= 0.3 is 0 Å². The van der Waals surface area contributed by atoms with Crippen molar-refractivity contribution in [3.63, 3.8) is 0 Å². The molecule has 0 bridgehead atoms. The van der Waals surface area contributed by atoms with Crippen LogP contribution in [0.5, 0.6) is 0 Å². The molecule has 0 aromatic carbocycles. The van der Waals surface area contributed by atoms with Gasteiger partial charge in [-0.3, -0.25) is 9.20 Å². The number of rotatable bonds is 4. The van der Waals surface area contributed by atoms with Gasteiger partial charge in [-0.05, 0) is 37.6 Å². The van der Waals surface area contributed by atoms with Crippen LogP contribution in [0.15, 0.2) is 52.0 Å². The number of aryl methyl sites for hydroxylation is 1. The van der Waals surface area contributed by atoms with Gasteiger partial charge in [0.25, 0.3) is 5.56 Å². The highest BCUT2D eigenvalue weighted by atomic mass is 16.3. The number of aromatic nitrogens is 2. The Morgan fingerprint density at radius 3 is 3.00 bits per heavy atom. The summed E-state index contributed by atoms with van der Waals surface area (Å²) in [5, 5.41) is 2.10. The summed E-state index contributed by atoms with van der Waals surface area (Å²) in [4.78, 5) is 16.6. The summed E-state index contributed by atoms with van der Waals surface area (Å²) in [6, 6.07) is 9.45. The highest BCUT2D eigenvalue weighted by Gasteiger charge is 2.12. The van der Waals surface area contributed by atoms with E-state index in [1.165, 1.54) is 0 Å². The number of nitrogens with two attached hydrogens (primary N) is 1. The molecule has 0 aliphatic rings. The fourth-order valence-corrected chi connectivity index (χ4v) is 2.33. The summed E-state index contributed by atoms with van der Waals surface area (Å²) in [5.74, 6) is 0.920. The lowest BCUT2D eigenvalue weighted by atomic mass is 10.2. The molecule has 0 amide bonds. The molecule has 3 aromatic heterocycles. The molecule has 3 rings (SSSR count). The summed E-state index contributed by atoms with van der Waals surface area (Å²) < 4.78 is 6.95. The van der Waals surface area contributed by atoms with E-state index in [2.05, 4.69) is 17.2 Å². The average Bonchev–Trinajstić information content (AvgIpc) is 3.00. The maximum absolute atomic E-state index is 12.1. The number of fused-ring (bicyclic) bond motifs is 1.